The van der Waals surface area contributed by atoms with Gasteiger partial charge in [-0.1, -0.05) is 44.2 Å². The van der Waals surface area contributed by atoms with Gasteiger partial charge < -0.3 is 5.32 Å². The fraction of sp³-hybridized carbons (Fsp3) is 0.625. The van der Waals surface area contributed by atoms with E-state index in [1.165, 1.54) is 38.0 Å². The van der Waals surface area contributed by atoms with E-state index in [1.807, 2.05) is 0 Å². The maximum Gasteiger partial charge on any atom is 0.0233 e. The first-order valence-electron chi connectivity index (χ1n) is 7.25. The van der Waals surface area contributed by atoms with Gasteiger partial charge in [-0.05, 0) is 36.9 Å². The lowest BCUT2D eigenvalue weighted by Crippen LogP contribution is -2.38. The summed E-state index contributed by atoms with van der Waals surface area (Å²) in [6, 6.07) is 10.8. The van der Waals surface area contributed by atoms with E-state index in [-0.39, 0.29) is 0 Å². The summed E-state index contributed by atoms with van der Waals surface area (Å²) in [7, 11) is 0. The molecule has 2 rings (SSSR count). The average Bonchev–Trinajstić information content (AvgIpc) is 2.88. The SMILES string of the molecule is CCN(Cc1ccccc1)CC1(CC)CCNC1. The third kappa shape index (κ3) is 3.33. The fourth-order valence-electron chi connectivity index (χ4n) is 2.94. The number of benzene rings is 1. The first-order valence-corrected chi connectivity index (χ1v) is 7.25. The molecule has 0 amide bonds. The summed E-state index contributed by atoms with van der Waals surface area (Å²) < 4.78 is 0. The standard InChI is InChI=1S/C16H26N2/c1-3-16(10-11-17-13-16)14-18(4-2)12-15-8-6-5-7-9-15/h5-9,17H,3-4,10-14H2,1-2H3. The highest BCUT2D eigenvalue weighted by Crippen LogP contribution is 2.30. The van der Waals surface area contributed by atoms with E-state index < -0.39 is 0 Å². The molecule has 1 fully saturated rings. The number of nitrogens with one attached hydrogen (secondary N) is 1. The number of nitrogens with zero attached hydrogens (tertiary/aromatic N) is 1. The zero-order chi connectivity index (χ0) is 12.8. The van der Waals surface area contributed by atoms with E-state index in [0.717, 1.165) is 13.1 Å². The van der Waals surface area contributed by atoms with Crippen LogP contribution in [0, 0.1) is 5.41 Å². The minimum atomic E-state index is 0.505. The Labute approximate surface area is 111 Å². The lowest BCUT2D eigenvalue weighted by atomic mass is 9.83. The van der Waals surface area contributed by atoms with Gasteiger partial charge in [-0.25, -0.2) is 0 Å². The summed E-state index contributed by atoms with van der Waals surface area (Å²) >= 11 is 0. The molecular weight excluding hydrogens is 220 g/mol. The second-order valence-corrected chi connectivity index (χ2v) is 5.57. The Kier molecular flexibility index (Phi) is 4.79. The van der Waals surface area contributed by atoms with Gasteiger partial charge in [-0.2, -0.15) is 0 Å². The van der Waals surface area contributed by atoms with E-state index in [9.17, 15) is 0 Å². The summed E-state index contributed by atoms with van der Waals surface area (Å²) in [5.41, 5.74) is 1.93. The van der Waals surface area contributed by atoms with Gasteiger partial charge in [0.2, 0.25) is 0 Å². The molecule has 0 bridgehead atoms. The van der Waals surface area contributed by atoms with Gasteiger partial charge in [0.05, 0.1) is 0 Å². The van der Waals surface area contributed by atoms with Gasteiger partial charge in [-0.3, -0.25) is 4.90 Å². The Morgan fingerprint density at radius 1 is 1.22 bits per heavy atom. The summed E-state index contributed by atoms with van der Waals surface area (Å²) in [5, 5.41) is 3.53. The van der Waals surface area contributed by atoms with E-state index in [0.29, 0.717) is 5.41 Å². The molecule has 1 aromatic rings. The molecule has 18 heavy (non-hydrogen) atoms. The summed E-state index contributed by atoms with van der Waals surface area (Å²) in [6.45, 7) is 10.4. The molecule has 0 spiro atoms. The Morgan fingerprint density at radius 2 is 2.00 bits per heavy atom. The maximum atomic E-state index is 3.53. The van der Waals surface area contributed by atoms with Crippen LogP contribution < -0.4 is 5.32 Å². The first-order chi connectivity index (χ1) is 8.78. The van der Waals surface area contributed by atoms with Crippen molar-refractivity contribution < 1.29 is 0 Å². The predicted molar refractivity (Wildman–Crippen MR) is 77.6 cm³/mol. The quantitative estimate of drug-likeness (QED) is 0.830. The first kappa shape index (κ1) is 13.6. The topological polar surface area (TPSA) is 15.3 Å². The van der Waals surface area contributed by atoms with Crippen LogP contribution in [-0.4, -0.2) is 31.1 Å². The Hall–Kier alpha value is -0.860. The number of hydrogen-bond donors (Lipinski definition) is 1. The Balaban J connectivity index is 1.96. The molecule has 0 aliphatic carbocycles. The highest BCUT2D eigenvalue weighted by Gasteiger charge is 2.33. The van der Waals surface area contributed by atoms with Crippen LogP contribution >= 0.6 is 0 Å². The molecule has 1 atom stereocenters. The minimum Gasteiger partial charge on any atom is -0.316 e. The molecule has 1 aromatic carbocycles. The molecule has 1 heterocycles. The van der Waals surface area contributed by atoms with E-state index in [4.69, 9.17) is 0 Å². The number of rotatable bonds is 6. The summed E-state index contributed by atoms with van der Waals surface area (Å²) in [4.78, 5) is 2.59. The van der Waals surface area contributed by atoms with Gasteiger partial charge in [-0.15, -0.1) is 0 Å². The van der Waals surface area contributed by atoms with Crippen LogP contribution in [0.5, 0.6) is 0 Å². The predicted octanol–water partition coefficient (Wildman–Crippen LogP) is 2.90. The molecular formula is C16H26N2. The van der Waals surface area contributed by atoms with Gasteiger partial charge in [0, 0.05) is 19.6 Å². The van der Waals surface area contributed by atoms with Crippen LogP contribution in [0.25, 0.3) is 0 Å². The van der Waals surface area contributed by atoms with Crippen molar-refractivity contribution in [2.24, 2.45) is 5.41 Å². The molecule has 100 valence electrons. The highest BCUT2D eigenvalue weighted by molar-refractivity contribution is 5.14. The second kappa shape index (κ2) is 6.35. The van der Waals surface area contributed by atoms with Crippen LogP contribution in [0.4, 0.5) is 0 Å². The minimum absolute atomic E-state index is 0.505. The van der Waals surface area contributed by atoms with Crippen LogP contribution in [-0.2, 0) is 6.54 Å². The van der Waals surface area contributed by atoms with Gasteiger partial charge >= 0.3 is 0 Å². The van der Waals surface area contributed by atoms with Crippen molar-refractivity contribution in [3.63, 3.8) is 0 Å². The van der Waals surface area contributed by atoms with Crippen molar-refractivity contribution in [1.82, 2.24) is 10.2 Å². The third-order valence-corrected chi connectivity index (χ3v) is 4.34. The molecule has 0 aromatic heterocycles. The molecule has 0 saturated carbocycles. The van der Waals surface area contributed by atoms with Gasteiger partial charge in [0.25, 0.3) is 0 Å². The van der Waals surface area contributed by atoms with Crippen molar-refractivity contribution >= 4 is 0 Å². The fourth-order valence-corrected chi connectivity index (χ4v) is 2.94. The zero-order valence-corrected chi connectivity index (χ0v) is 11.8. The Bertz CT molecular complexity index is 341. The average molecular weight is 246 g/mol. The van der Waals surface area contributed by atoms with E-state index in [1.54, 1.807) is 0 Å². The maximum absolute atomic E-state index is 3.53. The largest absolute Gasteiger partial charge is 0.316 e. The summed E-state index contributed by atoms with van der Waals surface area (Å²) in [5.74, 6) is 0. The summed E-state index contributed by atoms with van der Waals surface area (Å²) in [6.07, 6.45) is 2.61. The van der Waals surface area contributed by atoms with E-state index in [2.05, 4.69) is 54.4 Å². The molecule has 1 unspecified atom stereocenters. The van der Waals surface area contributed by atoms with Crippen LogP contribution in [0.2, 0.25) is 0 Å². The Morgan fingerprint density at radius 3 is 2.56 bits per heavy atom. The van der Waals surface area contributed by atoms with Crippen molar-refractivity contribution in [1.29, 1.82) is 0 Å². The third-order valence-electron chi connectivity index (χ3n) is 4.34. The highest BCUT2D eigenvalue weighted by atomic mass is 15.1. The van der Waals surface area contributed by atoms with Crippen LogP contribution in [0.3, 0.4) is 0 Å². The van der Waals surface area contributed by atoms with Crippen molar-refractivity contribution in [3.05, 3.63) is 35.9 Å². The molecule has 1 aliphatic heterocycles. The van der Waals surface area contributed by atoms with Crippen molar-refractivity contribution in [2.45, 2.75) is 33.2 Å². The van der Waals surface area contributed by atoms with Crippen LogP contribution in [0.1, 0.15) is 32.3 Å². The van der Waals surface area contributed by atoms with Gasteiger partial charge in [0.15, 0.2) is 0 Å². The van der Waals surface area contributed by atoms with Gasteiger partial charge in [0.1, 0.15) is 0 Å². The van der Waals surface area contributed by atoms with E-state index >= 15 is 0 Å². The smallest absolute Gasteiger partial charge is 0.0233 e. The molecule has 1 saturated heterocycles. The number of hydrogen-bond acceptors (Lipinski definition) is 2. The van der Waals surface area contributed by atoms with Crippen LogP contribution in [0.15, 0.2) is 30.3 Å². The lowest BCUT2D eigenvalue weighted by molar-refractivity contribution is 0.158. The lowest BCUT2D eigenvalue weighted by Gasteiger charge is -2.33. The second-order valence-electron chi connectivity index (χ2n) is 5.57. The zero-order valence-electron chi connectivity index (χ0n) is 11.8. The monoisotopic (exact) mass is 246 g/mol. The van der Waals surface area contributed by atoms with Crippen molar-refractivity contribution in [3.8, 4) is 0 Å². The normalized spacial score (nSPS) is 23.7. The molecule has 2 heteroatoms. The van der Waals surface area contributed by atoms with Crippen molar-refractivity contribution in [2.75, 3.05) is 26.2 Å². The molecule has 0 radical (unpaired) electrons. The molecule has 1 N–H and O–H groups in total. The molecule has 2 nitrogen and oxygen atoms in total. The molecule has 1 aliphatic rings.